The van der Waals surface area contributed by atoms with Gasteiger partial charge in [-0.2, -0.15) is 0 Å². The van der Waals surface area contributed by atoms with Crippen molar-refractivity contribution >= 4 is 11.0 Å². The molecule has 1 aliphatic carbocycles. The Hall–Kier alpha value is -2.44. The van der Waals surface area contributed by atoms with Crippen LogP contribution in [0.15, 0.2) is 47.3 Å². The molecule has 1 aliphatic rings. The van der Waals surface area contributed by atoms with Gasteiger partial charge in [-0.1, -0.05) is 32.0 Å². The number of aromatic nitrogens is 2. The van der Waals surface area contributed by atoms with Crippen LogP contribution in [0.2, 0.25) is 0 Å². The molecule has 6 heteroatoms. The van der Waals surface area contributed by atoms with Crippen LogP contribution >= 0.6 is 0 Å². The Bertz CT molecular complexity index is 1120. The lowest BCUT2D eigenvalue weighted by Gasteiger charge is -2.44. The molecule has 2 aromatic carbocycles. The summed E-state index contributed by atoms with van der Waals surface area (Å²) in [4.78, 5) is 17.4. The number of halogens is 1. The summed E-state index contributed by atoms with van der Waals surface area (Å²) in [6, 6.07) is 12.7. The number of rotatable bonds is 7. The first-order valence-electron chi connectivity index (χ1n) is 11.2. The second-order valence-electron chi connectivity index (χ2n) is 9.32. The Morgan fingerprint density at radius 1 is 1.26 bits per heavy atom. The van der Waals surface area contributed by atoms with Gasteiger partial charge in [0.15, 0.2) is 0 Å². The highest BCUT2D eigenvalue weighted by Crippen LogP contribution is 2.45. The van der Waals surface area contributed by atoms with E-state index in [4.69, 9.17) is 0 Å². The fourth-order valence-electron chi connectivity index (χ4n) is 5.25. The van der Waals surface area contributed by atoms with Gasteiger partial charge in [0.25, 0.3) is 0 Å². The molecule has 31 heavy (non-hydrogen) atoms. The highest BCUT2D eigenvalue weighted by Gasteiger charge is 2.43. The minimum absolute atomic E-state index is 0.0125. The number of H-pyrrole nitrogens is 1. The van der Waals surface area contributed by atoms with Gasteiger partial charge in [-0.05, 0) is 67.6 Å². The molecule has 0 fully saturated rings. The van der Waals surface area contributed by atoms with Crippen LogP contribution in [0.1, 0.15) is 43.7 Å². The Kier molecular flexibility index (Phi) is 6.04. The van der Waals surface area contributed by atoms with Crippen molar-refractivity contribution in [2.45, 2.75) is 51.2 Å². The van der Waals surface area contributed by atoms with Crippen molar-refractivity contribution in [1.82, 2.24) is 14.5 Å². The van der Waals surface area contributed by atoms with Gasteiger partial charge in [-0.25, -0.2) is 9.18 Å². The lowest BCUT2D eigenvalue weighted by molar-refractivity contribution is -0.0301. The van der Waals surface area contributed by atoms with Crippen molar-refractivity contribution in [2.24, 2.45) is 5.92 Å². The summed E-state index contributed by atoms with van der Waals surface area (Å²) in [5, 5.41) is 11.6. The van der Waals surface area contributed by atoms with Crippen LogP contribution in [0.3, 0.4) is 0 Å². The number of benzene rings is 2. The number of aromatic amines is 1. The van der Waals surface area contributed by atoms with Gasteiger partial charge in [0, 0.05) is 25.6 Å². The summed E-state index contributed by atoms with van der Waals surface area (Å²) in [5.74, 6) is 0.0325. The third kappa shape index (κ3) is 4.32. The number of aryl methyl sites for hydroxylation is 1. The first-order chi connectivity index (χ1) is 14.8. The van der Waals surface area contributed by atoms with Crippen molar-refractivity contribution < 1.29 is 9.50 Å². The molecule has 0 aliphatic heterocycles. The normalized spacial score (nSPS) is 21.2. The van der Waals surface area contributed by atoms with Crippen LogP contribution in [-0.2, 0) is 13.0 Å². The average molecular weight is 426 g/mol. The average Bonchev–Trinajstić information content (AvgIpc) is 3.05. The zero-order chi connectivity index (χ0) is 22.2. The van der Waals surface area contributed by atoms with E-state index in [0.29, 0.717) is 32.4 Å². The highest BCUT2D eigenvalue weighted by atomic mass is 19.1. The first-order valence-corrected chi connectivity index (χ1v) is 11.2. The number of imidazole rings is 1. The second kappa shape index (κ2) is 8.60. The molecule has 0 unspecified atom stereocenters. The van der Waals surface area contributed by atoms with E-state index in [-0.39, 0.29) is 23.3 Å². The molecule has 0 saturated carbocycles. The SMILES string of the molecule is CC(C)[C@H]1c2ccc(F)cc2CC[C@]1(O)CCN(C)CCn1c(=O)[nH]c2ccccc21. The van der Waals surface area contributed by atoms with E-state index in [0.717, 1.165) is 28.7 Å². The van der Waals surface area contributed by atoms with E-state index in [1.807, 2.05) is 37.4 Å². The lowest BCUT2D eigenvalue weighted by atomic mass is 9.66. The summed E-state index contributed by atoms with van der Waals surface area (Å²) >= 11 is 0. The maximum absolute atomic E-state index is 13.7. The van der Waals surface area contributed by atoms with Crippen LogP contribution in [0.25, 0.3) is 11.0 Å². The molecule has 3 aromatic rings. The topological polar surface area (TPSA) is 61.3 Å². The molecule has 1 heterocycles. The minimum atomic E-state index is -0.815. The molecular formula is C25H32FN3O2. The number of nitrogens with zero attached hydrogens (tertiary/aromatic N) is 2. The first kappa shape index (κ1) is 21.8. The molecule has 0 saturated heterocycles. The third-order valence-corrected chi connectivity index (χ3v) is 6.83. The molecule has 5 nitrogen and oxygen atoms in total. The summed E-state index contributed by atoms with van der Waals surface area (Å²) in [7, 11) is 2.03. The summed E-state index contributed by atoms with van der Waals surface area (Å²) in [5.41, 5.74) is 2.96. The van der Waals surface area contributed by atoms with Gasteiger partial charge in [-0.15, -0.1) is 0 Å². The molecule has 0 bridgehead atoms. The summed E-state index contributed by atoms with van der Waals surface area (Å²) in [6.45, 7) is 6.29. The molecule has 2 atom stereocenters. The second-order valence-corrected chi connectivity index (χ2v) is 9.32. The maximum Gasteiger partial charge on any atom is 0.326 e. The van der Waals surface area contributed by atoms with Crippen LogP contribution < -0.4 is 5.69 Å². The van der Waals surface area contributed by atoms with Gasteiger partial charge in [-0.3, -0.25) is 4.57 Å². The number of likely N-dealkylation sites (N-methyl/N-ethyl adjacent to an activating group) is 1. The van der Waals surface area contributed by atoms with Gasteiger partial charge >= 0.3 is 5.69 Å². The van der Waals surface area contributed by atoms with Gasteiger partial charge in [0.2, 0.25) is 0 Å². The van der Waals surface area contributed by atoms with E-state index < -0.39 is 5.60 Å². The molecule has 0 radical (unpaired) electrons. The predicted octanol–water partition coefficient (Wildman–Crippen LogP) is 3.91. The van der Waals surface area contributed by atoms with E-state index in [1.54, 1.807) is 10.6 Å². The zero-order valence-electron chi connectivity index (χ0n) is 18.6. The number of fused-ring (bicyclic) bond motifs is 2. The molecule has 0 amide bonds. The maximum atomic E-state index is 13.7. The fraction of sp³-hybridized carbons (Fsp3) is 0.480. The van der Waals surface area contributed by atoms with Gasteiger partial charge in [0.05, 0.1) is 16.6 Å². The van der Waals surface area contributed by atoms with E-state index in [1.165, 1.54) is 6.07 Å². The Labute approximate surface area is 182 Å². The Balaban J connectivity index is 1.43. The van der Waals surface area contributed by atoms with Crippen molar-refractivity contribution in [3.63, 3.8) is 0 Å². The van der Waals surface area contributed by atoms with Crippen molar-refractivity contribution in [1.29, 1.82) is 0 Å². The van der Waals surface area contributed by atoms with Crippen LogP contribution in [0, 0.1) is 11.7 Å². The van der Waals surface area contributed by atoms with E-state index in [9.17, 15) is 14.3 Å². The highest BCUT2D eigenvalue weighted by molar-refractivity contribution is 5.74. The Morgan fingerprint density at radius 2 is 2.03 bits per heavy atom. The molecule has 166 valence electrons. The Morgan fingerprint density at radius 3 is 2.81 bits per heavy atom. The van der Waals surface area contributed by atoms with Gasteiger partial charge in [0.1, 0.15) is 5.82 Å². The van der Waals surface area contributed by atoms with Crippen LogP contribution in [0.4, 0.5) is 4.39 Å². The van der Waals surface area contributed by atoms with Crippen LogP contribution in [0.5, 0.6) is 0 Å². The predicted molar refractivity (Wildman–Crippen MR) is 122 cm³/mol. The number of hydrogen-bond donors (Lipinski definition) is 2. The smallest absolute Gasteiger partial charge is 0.326 e. The van der Waals surface area contributed by atoms with Crippen molar-refractivity contribution in [2.75, 3.05) is 20.1 Å². The number of nitrogens with one attached hydrogen (secondary N) is 1. The molecular weight excluding hydrogens is 393 g/mol. The monoisotopic (exact) mass is 425 g/mol. The van der Waals surface area contributed by atoms with Crippen molar-refractivity contribution in [3.05, 3.63) is 69.9 Å². The van der Waals surface area contributed by atoms with Gasteiger partial charge < -0.3 is 15.0 Å². The van der Waals surface area contributed by atoms with Crippen molar-refractivity contribution in [3.8, 4) is 0 Å². The standard InChI is InChI=1S/C25H32FN3O2/c1-17(2)23-20-9-8-19(26)16-18(20)10-11-25(23,31)12-13-28(3)14-15-29-22-7-5-4-6-21(22)27-24(29)30/h4-9,16-17,23,31H,10-15H2,1-3H3,(H,27,30)/t23-,25-/m0/s1. The molecule has 0 spiro atoms. The zero-order valence-corrected chi connectivity index (χ0v) is 18.6. The number of aliphatic hydroxyl groups is 1. The lowest BCUT2D eigenvalue weighted by Crippen LogP contribution is -2.45. The number of para-hydroxylation sites is 2. The fourth-order valence-corrected chi connectivity index (χ4v) is 5.25. The quantitative estimate of drug-likeness (QED) is 0.603. The van der Waals surface area contributed by atoms with E-state index >= 15 is 0 Å². The van der Waals surface area contributed by atoms with Crippen LogP contribution in [-0.4, -0.2) is 45.3 Å². The largest absolute Gasteiger partial charge is 0.389 e. The molecule has 2 N–H and O–H groups in total. The number of hydrogen-bond acceptors (Lipinski definition) is 3. The molecule has 4 rings (SSSR count). The summed E-state index contributed by atoms with van der Waals surface area (Å²) in [6.07, 6.45) is 1.98. The minimum Gasteiger partial charge on any atom is -0.389 e. The molecule has 1 aromatic heterocycles. The summed E-state index contributed by atoms with van der Waals surface area (Å²) < 4.78 is 15.5. The van der Waals surface area contributed by atoms with E-state index in [2.05, 4.69) is 23.7 Å². The third-order valence-electron chi connectivity index (χ3n) is 6.83.